The van der Waals surface area contributed by atoms with E-state index in [1.807, 2.05) is 13.2 Å². The van der Waals surface area contributed by atoms with Crippen LogP contribution in [0.1, 0.15) is 17.0 Å². The number of carbonyl (C=O) groups excluding carboxylic acids is 1. The number of benzene rings is 1. The molecule has 1 aromatic carbocycles. The van der Waals surface area contributed by atoms with Crippen LogP contribution in [0.15, 0.2) is 30.6 Å². The van der Waals surface area contributed by atoms with E-state index in [1.54, 1.807) is 23.0 Å². The highest BCUT2D eigenvalue weighted by Gasteiger charge is 2.34. The van der Waals surface area contributed by atoms with Gasteiger partial charge < -0.3 is 15.4 Å². The molecule has 1 aliphatic heterocycles. The van der Waals surface area contributed by atoms with Crippen molar-refractivity contribution in [3.05, 3.63) is 47.5 Å². The molecule has 2 heterocycles. The van der Waals surface area contributed by atoms with Crippen molar-refractivity contribution in [2.45, 2.75) is 12.5 Å². The van der Waals surface area contributed by atoms with E-state index in [0.29, 0.717) is 12.1 Å². The average molecular weight is 369 g/mol. The first-order valence-electron chi connectivity index (χ1n) is 7.88. The minimum Gasteiger partial charge on any atom is -0.494 e. The summed E-state index contributed by atoms with van der Waals surface area (Å²) in [6.07, 6.45) is 3.74. The van der Waals surface area contributed by atoms with Gasteiger partial charge in [-0.25, -0.2) is 4.39 Å². The summed E-state index contributed by atoms with van der Waals surface area (Å²) in [5.74, 6) is -0.324. The number of methoxy groups -OCH3 is 1. The molecule has 0 saturated carbocycles. The molecule has 25 heavy (non-hydrogen) atoms. The number of rotatable bonds is 5. The largest absolute Gasteiger partial charge is 0.494 e. The fourth-order valence-corrected chi connectivity index (χ4v) is 3.08. The summed E-state index contributed by atoms with van der Waals surface area (Å²) in [5, 5.41) is 10.3. The lowest BCUT2D eigenvalue weighted by atomic mass is 9.90. The molecule has 0 spiro atoms. The van der Waals surface area contributed by atoms with Gasteiger partial charge in [0.2, 0.25) is 5.91 Å². The Kier molecular flexibility index (Phi) is 6.39. The van der Waals surface area contributed by atoms with Gasteiger partial charge in [-0.3, -0.25) is 9.48 Å². The molecule has 2 N–H and O–H groups in total. The Labute approximate surface area is 152 Å². The van der Waals surface area contributed by atoms with Gasteiger partial charge in [0.05, 0.1) is 19.2 Å². The molecule has 2 atom stereocenters. The number of halogens is 2. The number of nitrogens with one attached hydrogen (secondary N) is 2. The SMILES string of the molecule is COc1ccc(CNC(=O)[C@H]2CNC[C@@H]2c2cnn(C)c2)cc1F.Cl. The quantitative estimate of drug-likeness (QED) is 0.841. The predicted octanol–water partition coefficient (Wildman–Crippen LogP) is 1.61. The number of aryl methyl sites for hydroxylation is 1. The van der Waals surface area contributed by atoms with Crippen molar-refractivity contribution in [1.29, 1.82) is 0 Å². The highest BCUT2D eigenvalue weighted by atomic mass is 35.5. The maximum atomic E-state index is 13.7. The van der Waals surface area contributed by atoms with Crippen LogP contribution in [0.4, 0.5) is 4.39 Å². The lowest BCUT2D eigenvalue weighted by Crippen LogP contribution is -2.34. The van der Waals surface area contributed by atoms with Crippen LogP contribution in [-0.2, 0) is 18.4 Å². The minimum absolute atomic E-state index is 0. The molecule has 8 heteroatoms. The highest BCUT2D eigenvalue weighted by Crippen LogP contribution is 2.28. The maximum absolute atomic E-state index is 13.7. The third-order valence-corrected chi connectivity index (χ3v) is 4.39. The molecule has 0 aliphatic carbocycles. The van der Waals surface area contributed by atoms with Crippen molar-refractivity contribution >= 4 is 18.3 Å². The van der Waals surface area contributed by atoms with Crippen LogP contribution in [0, 0.1) is 11.7 Å². The fourth-order valence-electron chi connectivity index (χ4n) is 3.08. The zero-order chi connectivity index (χ0) is 17.1. The molecular formula is C17H22ClFN4O2. The zero-order valence-electron chi connectivity index (χ0n) is 14.2. The van der Waals surface area contributed by atoms with E-state index in [2.05, 4.69) is 15.7 Å². The third kappa shape index (κ3) is 4.29. The molecule has 0 unspecified atom stereocenters. The number of hydrogen-bond donors (Lipinski definition) is 2. The first-order valence-corrected chi connectivity index (χ1v) is 7.88. The Morgan fingerprint density at radius 2 is 2.28 bits per heavy atom. The van der Waals surface area contributed by atoms with Gasteiger partial charge in [-0.05, 0) is 23.3 Å². The normalized spacial score (nSPS) is 19.3. The molecular weight excluding hydrogens is 347 g/mol. The van der Waals surface area contributed by atoms with E-state index in [0.717, 1.165) is 12.1 Å². The summed E-state index contributed by atoms with van der Waals surface area (Å²) in [4.78, 5) is 12.5. The van der Waals surface area contributed by atoms with Crippen LogP contribution < -0.4 is 15.4 Å². The van der Waals surface area contributed by atoms with Gasteiger partial charge in [0.1, 0.15) is 0 Å². The Morgan fingerprint density at radius 3 is 2.92 bits per heavy atom. The molecule has 136 valence electrons. The standard InChI is InChI=1S/C17H21FN4O2.ClH/c1-22-10-12(7-21-22)13-8-19-9-14(13)17(23)20-6-11-3-4-16(24-2)15(18)5-11;/h3-5,7,10,13-14,19H,6,8-9H2,1-2H3,(H,20,23);1H/t13-,14+;/m1./s1. The van der Waals surface area contributed by atoms with Crippen molar-refractivity contribution in [3.63, 3.8) is 0 Å². The van der Waals surface area contributed by atoms with Crippen LogP contribution in [0.2, 0.25) is 0 Å². The Balaban J connectivity index is 0.00000225. The molecule has 2 aromatic rings. The van der Waals surface area contributed by atoms with Gasteiger partial charge in [-0.2, -0.15) is 5.10 Å². The second kappa shape index (κ2) is 8.31. The number of carbonyl (C=O) groups is 1. The third-order valence-electron chi connectivity index (χ3n) is 4.39. The van der Waals surface area contributed by atoms with Crippen LogP contribution in [-0.4, -0.2) is 35.9 Å². The topological polar surface area (TPSA) is 68.2 Å². The van der Waals surface area contributed by atoms with Crippen LogP contribution in [0.3, 0.4) is 0 Å². The first-order chi connectivity index (χ1) is 11.6. The Hall–Kier alpha value is -2.12. The smallest absolute Gasteiger partial charge is 0.225 e. The lowest BCUT2D eigenvalue weighted by Gasteiger charge is -2.17. The van der Waals surface area contributed by atoms with Crippen molar-refractivity contribution in [3.8, 4) is 5.75 Å². The van der Waals surface area contributed by atoms with Gasteiger partial charge in [0.25, 0.3) is 0 Å². The molecule has 0 radical (unpaired) electrons. The molecule has 1 fully saturated rings. The van der Waals surface area contributed by atoms with Crippen molar-refractivity contribution < 1.29 is 13.9 Å². The predicted molar refractivity (Wildman–Crippen MR) is 94.4 cm³/mol. The number of ether oxygens (including phenoxy) is 1. The highest BCUT2D eigenvalue weighted by molar-refractivity contribution is 5.85. The summed E-state index contributed by atoms with van der Waals surface area (Å²) in [6, 6.07) is 4.69. The molecule has 6 nitrogen and oxygen atoms in total. The zero-order valence-corrected chi connectivity index (χ0v) is 15.0. The van der Waals surface area contributed by atoms with E-state index < -0.39 is 5.82 Å². The number of hydrogen-bond acceptors (Lipinski definition) is 4. The minimum atomic E-state index is -0.431. The molecule has 3 rings (SSSR count). The van der Waals surface area contributed by atoms with Gasteiger partial charge in [-0.1, -0.05) is 6.07 Å². The molecule has 1 aromatic heterocycles. The maximum Gasteiger partial charge on any atom is 0.225 e. The summed E-state index contributed by atoms with van der Waals surface area (Å²) < 4.78 is 20.3. The lowest BCUT2D eigenvalue weighted by molar-refractivity contribution is -0.125. The van der Waals surface area contributed by atoms with E-state index >= 15 is 0 Å². The van der Waals surface area contributed by atoms with Crippen LogP contribution in [0.25, 0.3) is 0 Å². The summed E-state index contributed by atoms with van der Waals surface area (Å²) in [6.45, 7) is 1.67. The summed E-state index contributed by atoms with van der Waals surface area (Å²) >= 11 is 0. The van der Waals surface area contributed by atoms with Crippen LogP contribution >= 0.6 is 12.4 Å². The summed E-state index contributed by atoms with van der Waals surface area (Å²) in [5.41, 5.74) is 1.75. The van der Waals surface area contributed by atoms with E-state index in [-0.39, 0.29) is 42.4 Å². The second-order valence-electron chi connectivity index (χ2n) is 6.01. The van der Waals surface area contributed by atoms with Gasteiger partial charge in [0.15, 0.2) is 11.6 Å². The van der Waals surface area contributed by atoms with Crippen molar-refractivity contribution in [1.82, 2.24) is 20.4 Å². The van der Waals surface area contributed by atoms with Crippen molar-refractivity contribution in [2.24, 2.45) is 13.0 Å². The Bertz CT molecular complexity index is 737. The van der Waals surface area contributed by atoms with E-state index in [4.69, 9.17) is 4.74 Å². The second-order valence-corrected chi connectivity index (χ2v) is 6.01. The molecule has 1 aliphatic rings. The first kappa shape index (κ1) is 19.2. The van der Waals surface area contributed by atoms with Gasteiger partial charge in [-0.15, -0.1) is 12.4 Å². The van der Waals surface area contributed by atoms with Gasteiger partial charge >= 0.3 is 0 Å². The molecule has 1 saturated heterocycles. The monoisotopic (exact) mass is 368 g/mol. The Morgan fingerprint density at radius 1 is 1.48 bits per heavy atom. The van der Waals surface area contributed by atoms with E-state index in [1.165, 1.54) is 13.2 Å². The number of aromatic nitrogens is 2. The molecule has 1 amide bonds. The van der Waals surface area contributed by atoms with Crippen molar-refractivity contribution in [2.75, 3.05) is 20.2 Å². The fraction of sp³-hybridized carbons (Fsp3) is 0.412. The van der Waals surface area contributed by atoms with E-state index in [9.17, 15) is 9.18 Å². The van der Waals surface area contributed by atoms with Crippen LogP contribution in [0.5, 0.6) is 5.75 Å². The summed E-state index contributed by atoms with van der Waals surface area (Å²) in [7, 11) is 3.28. The molecule has 0 bridgehead atoms. The number of nitrogens with zero attached hydrogens (tertiary/aromatic N) is 2. The van der Waals surface area contributed by atoms with Gasteiger partial charge in [0, 0.05) is 38.8 Å². The average Bonchev–Trinajstić information content (AvgIpc) is 3.21. The number of amides is 1.